The number of carbonyl (C=O) groups is 7. The van der Waals surface area contributed by atoms with E-state index in [4.69, 9.17) is 9.47 Å². The summed E-state index contributed by atoms with van der Waals surface area (Å²) in [6, 6.07) is 5.12. The molecule has 3 rings (SSSR count). The van der Waals surface area contributed by atoms with Crippen LogP contribution in [0.5, 0.6) is 0 Å². The molecule has 2 aliphatic rings. The van der Waals surface area contributed by atoms with E-state index in [1.807, 2.05) is 0 Å². The van der Waals surface area contributed by atoms with Gasteiger partial charge in [0.25, 0.3) is 11.8 Å². The van der Waals surface area contributed by atoms with E-state index in [9.17, 15) is 38.7 Å². The SMILES string of the molecule is CC(NC(=O)CNC(=O)CCN1C(=O)C=CC1=O)C(=O)Nc1ccc(COC(=O)N(C)CC(=O)NC2C[C@@H](O)CO[C@H]2C)cc1. The lowest BCUT2D eigenvalue weighted by molar-refractivity contribution is -0.137. The van der Waals surface area contributed by atoms with Gasteiger partial charge in [-0.1, -0.05) is 12.1 Å². The average molecular weight is 631 g/mol. The smallest absolute Gasteiger partial charge is 0.410 e. The van der Waals surface area contributed by atoms with Gasteiger partial charge in [0.1, 0.15) is 19.2 Å². The molecule has 0 radical (unpaired) electrons. The minimum Gasteiger partial charge on any atom is -0.445 e. The van der Waals surface area contributed by atoms with Crippen LogP contribution in [-0.2, 0) is 44.8 Å². The summed E-state index contributed by atoms with van der Waals surface area (Å²) in [6.45, 7) is 2.63. The first-order valence-electron chi connectivity index (χ1n) is 14.3. The van der Waals surface area contributed by atoms with Gasteiger partial charge in [0.05, 0.1) is 31.4 Å². The van der Waals surface area contributed by atoms with Crippen LogP contribution in [0.1, 0.15) is 32.3 Å². The highest BCUT2D eigenvalue weighted by molar-refractivity contribution is 6.13. The number of hydrogen-bond donors (Lipinski definition) is 5. The number of anilines is 1. The van der Waals surface area contributed by atoms with Crippen LogP contribution < -0.4 is 21.3 Å². The second kappa shape index (κ2) is 16.3. The molecule has 0 spiro atoms. The van der Waals surface area contributed by atoms with Crippen molar-refractivity contribution in [3.05, 3.63) is 42.0 Å². The predicted molar refractivity (Wildman–Crippen MR) is 157 cm³/mol. The van der Waals surface area contributed by atoms with Gasteiger partial charge in [-0.3, -0.25) is 33.7 Å². The third kappa shape index (κ3) is 11.0. The summed E-state index contributed by atoms with van der Waals surface area (Å²) in [7, 11) is 1.42. The lowest BCUT2D eigenvalue weighted by Crippen LogP contribution is -2.52. The molecule has 0 saturated carbocycles. The molecular formula is C29H38N6O10. The Morgan fingerprint density at radius 3 is 2.40 bits per heavy atom. The highest BCUT2D eigenvalue weighted by Crippen LogP contribution is 2.14. The number of nitrogens with one attached hydrogen (secondary N) is 4. The van der Waals surface area contributed by atoms with Crippen molar-refractivity contribution in [2.24, 2.45) is 0 Å². The molecule has 4 atom stereocenters. The molecule has 1 saturated heterocycles. The molecule has 244 valence electrons. The van der Waals surface area contributed by atoms with Crippen molar-refractivity contribution in [1.29, 1.82) is 0 Å². The first-order chi connectivity index (χ1) is 21.3. The predicted octanol–water partition coefficient (Wildman–Crippen LogP) is -1.22. The Morgan fingerprint density at radius 1 is 1.07 bits per heavy atom. The first-order valence-corrected chi connectivity index (χ1v) is 14.3. The zero-order chi connectivity index (χ0) is 33.1. The first kappa shape index (κ1) is 34.7. The molecule has 1 aromatic carbocycles. The Bertz CT molecular complexity index is 1300. The van der Waals surface area contributed by atoms with Crippen molar-refractivity contribution in [2.75, 3.05) is 38.6 Å². The molecule has 2 aliphatic heterocycles. The van der Waals surface area contributed by atoms with Crippen LogP contribution in [0, 0.1) is 0 Å². The fourth-order valence-electron chi connectivity index (χ4n) is 4.32. The van der Waals surface area contributed by atoms with Gasteiger partial charge < -0.3 is 40.7 Å². The Kier molecular flexibility index (Phi) is 12.6. The molecule has 1 aromatic rings. The highest BCUT2D eigenvalue weighted by atomic mass is 16.6. The molecular weight excluding hydrogens is 592 g/mol. The van der Waals surface area contributed by atoms with Crippen LogP contribution >= 0.6 is 0 Å². The minimum atomic E-state index is -0.937. The van der Waals surface area contributed by atoms with Crippen LogP contribution in [0.3, 0.4) is 0 Å². The third-order valence-corrected chi connectivity index (χ3v) is 6.95. The zero-order valence-electron chi connectivity index (χ0n) is 25.2. The number of amides is 7. The van der Waals surface area contributed by atoms with Gasteiger partial charge in [-0.25, -0.2) is 4.79 Å². The van der Waals surface area contributed by atoms with Crippen LogP contribution in [0.25, 0.3) is 0 Å². The van der Waals surface area contributed by atoms with Gasteiger partial charge in [0.2, 0.25) is 23.6 Å². The molecule has 16 heteroatoms. The van der Waals surface area contributed by atoms with Gasteiger partial charge >= 0.3 is 6.09 Å². The van der Waals surface area contributed by atoms with Crippen LogP contribution in [0.15, 0.2) is 36.4 Å². The maximum Gasteiger partial charge on any atom is 0.410 e. The third-order valence-electron chi connectivity index (χ3n) is 6.95. The van der Waals surface area contributed by atoms with Crippen molar-refractivity contribution in [2.45, 2.75) is 57.6 Å². The van der Waals surface area contributed by atoms with Gasteiger partial charge in [0.15, 0.2) is 0 Å². The fourth-order valence-corrected chi connectivity index (χ4v) is 4.32. The largest absolute Gasteiger partial charge is 0.445 e. The number of likely N-dealkylation sites (N-methyl/N-ethyl adjacent to an activating group) is 1. The van der Waals surface area contributed by atoms with E-state index in [2.05, 4.69) is 21.3 Å². The summed E-state index contributed by atoms with van der Waals surface area (Å²) in [5.74, 6) is -3.10. The molecule has 0 aromatic heterocycles. The van der Waals surface area contributed by atoms with Gasteiger partial charge in [0, 0.05) is 37.9 Å². The number of carbonyl (C=O) groups excluding carboxylic acids is 7. The molecule has 5 N–H and O–H groups in total. The van der Waals surface area contributed by atoms with E-state index in [1.165, 1.54) is 14.0 Å². The number of benzene rings is 1. The van der Waals surface area contributed by atoms with Crippen molar-refractivity contribution in [3.8, 4) is 0 Å². The molecule has 16 nitrogen and oxygen atoms in total. The van der Waals surface area contributed by atoms with Crippen LogP contribution in [-0.4, -0.2) is 114 Å². The second-order valence-electron chi connectivity index (χ2n) is 10.7. The molecule has 2 heterocycles. The van der Waals surface area contributed by atoms with Crippen LogP contribution in [0.2, 0.25) is 0 Å². The summed E-state index contributed by atoms with van der Waals surface area (Å²) in [5, 5.41) is 20.0. The number of imide groups is 1. The van der Waals surface area contributed by atoms with E-state index in [-0.39, 0.29) is 44.9 Å². The lowest BCUT2D eigenvalue weighted by Gasteiger charge is -2.33. The van der Waals surface area contributed by atoms with Gasteiger partial charge in [-0.15, -0.1) is 0 Å². The topological polar surface area (TPSA) is 213 Å². The molecule has 1 fully saturated rings. The Hall–Kier alpha value is -4.83. The summed E-state index contributed by atoms with van der Waals surface area (Å²) < 4.78 is 10.7. The van der Waals surface area contributed by atoms with Crippen molar-refractivity contribution in [3.63, 3.8) is 0 Å². The fraction of sp³-hybridized carbons (Fsp3) is 0.483. The van der Waals surface area contributed by atoms with E-state index >= 15 is 0 Å². The minimum absolute atomic E-state index is 0.0849. The standard InChI is InChI=1S/C29H38N6O10/c1-17(31-24(38)13-30-23(37)10-11-35-26(40)8-9-27(35)41)28(42)32-20-6-4-19(5-7-20)15-45-29(43)34(3)14-25(39)33-22-12-21(36)16-44-18(22)2/h4-9,17-18,21-22,36H,10-16H2,1-3H3,(H,30,37)(H,31,38)(H,32,42)(H,33,39)/t17?,18-,21+,22?/m0/s1. The summed E-state index contributed by atoms with van der Waals surface area (Å²) in [6.07, 6.45) is 0.770. The van der Waals surface area contributed by atoms with Gasteiger partial charge in [-0.2, -0.15) is 0 Å². The number of nitrogens with zero attached hydrogens (tertiary/aromatic N) is 2. The lowest BCUT2D eigenvalue weighted by atomic mass is 10.0. The maximum absolute atomic E-state index is 12.5. The number of ether oxygens (including phenoxy) is 2. The monoisotopic (exact) mass is 630 g/mol. The summed E-state index contributed by atoms with van der Waals surface area (Å²) in [5.41, 5.74) is 1.04. The van der Waals surface area contributed by atoms with E-state index in [0.717, 1.165) is 22.0 Å². The number of aliphatic hydroxyl groups excluding tert-OH is 1. The summed E-state index contributed by atoms with van der Waals surface area (Å²) >= 11 is 0. The highest BCUT2D eigenvalue weighted by Gasteiger charge is 2.29. The molecule has 2 unspecified atom stereocenters. The molecule has 7 amide bonds. The quantitative estimate of drug-likeness (QED) is 0.164. The Morgan fingerprint density at radius 2 is 1.73 bits per heavy atom. The molecule has 0 aliphatic carbocycles. The zero-order valence-corrected chi connectivity index (χ0v) is 25.2. The van der Waals surface area contributed by atoms with E-state index in [1.54, 1.807) is 31.2 Å². The van der Waals surface area contributed by atoms with Crippen LogP contribution in [0.4, 0.5) is 10.5 Å². The van der Waals surface area contributed by atoms with Crippen molar-refractivity contribution < 1.29 is 48.1 Å². The summed E-state index contributed by atoms with van der Waals surface area (Å²) in [4.78, 5) is 86.3. The average Bonchev–Trinajstić information content (AvgIpc) is 3.32. The second-order valence-corrected chi connectivity index (χ2v) is 10.7. The number of rotatable bonds is 13. The number of hydrogen-bond acceptors (Lipinski definition) is 10. The van der Waals surface area contributed by atoms with Gasteiger partial charge in [-0.05, 0) is 38.0 Å². The Labute approximate surface area is 259 Å². The molecule has 0 bridgehead atoms. The Balaban J connectivity index is 1.33. The van der Waals surface area contributed by atoms with E-state index in [0.29, 0.717) is 17.7 Å². The van der Waals surface area contributed by atoms with E-state index < -0.39 is 60.2 Å². The molecule has 45 heavy (non-hydrogen) atoms. The normalized spacial score (nSPS) is 19.8. The van der Waals surface area contributed by atoms with Crippen molar-refractivity contribution >= 4 is 47.2 Å². The van der Waals surface area contributed by atoms with Crippen molar-refractivity contribution in [1.82, 2.24) is 25.8 Å². The maximum atomic E-state index is 12.5. The number of aliphatic hydroxyl groups is 1.